The lowest BCUT2D eigenvalue weighted by atomic mass is 9.78. The zero-order valence-electron chi connectivity index (χ0n) is 16.1. The molecule has 2 aromatic carbocycles. The lowest BCUT2D eigenvalue weighted by Crippen LogP contribution is -2.29. The third kappa shape index (κ3) is 4.07. The van der Waals surface area contributed by atoms with E-state index < -0.39 is 0 Å². The summed E-state index contributed by atoms with van der Waals surface area (Å²) in [7, 11) is 8.20. The van der Waals surface area contributed by atoms with Crippen molar-refractivity contribution in [3.8, 4) is 0 Å². The van der Waals surface area contributed by atoms with Crippen LogP contribution in [0.2, 0.25) is 0 Å². The van der Waals surface area contributed by atoms with Crippen molar-refractivity contribution in [2.75, 3.05) is 49.5 Å². The Balaban J connectivity index is 1.99. The lowest BCUT2D eigenvalue weighted by Gasteiger charge is -2.30. The van der Waals surface area contributed by atoms with Gasteiger partial charge in [0, 0.05) is 69.3 Å². The van der Waals surface area contributed by atoms with Crippen LogP contribution >= 0.6 is 11.8 Å². The van der Waals surface area contributed by atoms with Crippen molar-refractivity contribution in [2.45, 2.75) is 12.3 Å². The van der Waals surface area contributed by atoms with Crippen molar-refractivity contribution in [1.82, 2.24) is 0 Å². The zero-order chi connectivity index (χ0) is 18.7. The number of thioether (sulfide) groups is 1. The fraction of sp³-hybridized carbons (Fsp3) is 0.409. The summed E-state index contributed by atoms with van der Waals surface area (Å²) in [6.07, 6.45) is 0.692. The average molecular weight is 369 g/mol. The van der Waals surface area contributed by atoms with Crippen molar-refractivity contribution in [1.29, 1.82) is 0 Å². The molecule has 26 heavy (non-hydrogen) atoms. The molecule has 1 heterocycles. The van der Waals surface area contributed by atoms with Crippen LogP contribution in [0.4, 0.5) is 11.4 Å². The van der Waals surface area contributed by atoms with Crippen LogP contribution in [0.25, 0.3) is 0 Å². The van der Waals surface area contributed by atoms with E-state index in [0.717, 1.165) is 11.5 Å². The molecule has 0 spiro atoms. The van der Waals surface area contributed by atoms with E-state index in [2.05, 4.69) is 58.3 Å². The van der Waals surface area contributed by atoms with Crippen LogP contribution in [0.15, 0.2) is 48.5 Å². The summed E-state index contributed by atoms with van der Waals surface area (Å²) >= 11 is 1.90. The maximum Gasteiger partial charge on any atom is 0.138 e. The number of carbonyl (C=O) groups excluding carboxylic acids is 1. The second-order valence-corrected chi connectivity index (χ2v) is 8.50. The van der Waals surface area contributed by atoms with Gasteiger partial charge < -0.3 is 9.80 Å². The van der Waals surface area contributed by atoms with Crippen LogP contribution in [-0.4, -0.2) is 45.5 Å². The monoisotopic (exact) mass is 368 g/mol. The minimum absolute atomic E-state index is 0.0594. The molecule has 1 fully saturated rings. The third-order valence-electron chi connectivity index (χ3n) is 5.14. The SMILES string of the molecule is CN(C)c1ccc(C(c2ccc(N(C)C)cc2)[C@@H]2CSCCC2=O)cc1. The van der Waals surface area contributed by atoms with E-state index in [9.17, 15) is 4.79 Å². The number of rotatable bonds is 5. The van der Waals surface area contributed by atoms with Crippen molar-refractivity contribution in [3.05, 3.63) is 59.7 Å². The Morgan fingerprint density at radius 3 is 1.69 bits per heavy atom. The number of hydrogen-bond acceptors (Lipinski definition) is 4. The van der Waals surface area contributed by atoms with Gasteiger partial charge in [-0.05, 0) is 35.4 Å². The Kier molecular flexibility index (Phi) is 5.92. The Morgan fingerprint density at radius 2 is 1.31 bits per heavy atom. The van der Waals surface area contributed by atoms with Gasteiger partial charge in [0.25, 0.3) is 0 Å². The van der Waals surface area contributed by atoms with Crippen LogP contribution in [0.3, 0.4) is 0 Å². The second kappa shape index (κ2) is 8.17. The molecule has 0 aliphatic carbocycles. The molecule has 4 heteroatoms. The first kappa shape index (κ1) is 18.8. The Labute approximate surface area is 161 Å². The van der Waals surface area contributed by atoms with Crippen molar-refractivity contribution >= 4 is 28.9 Å². The van der Waals surface area contributed by atoms with E-state index in [1.807, 2.05) is 40.0 Å². The maximum atomic E-state index is 12.7. The number of benzene rings is 2. The minimum atomic E-state index is 0.0594. The number of nitrogens with zero attached hydrogens (tertiary/aromatic N) is 2. The summed E-state index contributed by atoms with van der Waals surface area (Å²) in [5, 5.41) is 0. The molecule has 3 nitrogen and oxygen atoms in total. The number of Topliss-reactive ketones (excluding diaryl/α,β-unsaturated/α-hetero) is 1. The number of carbonyl (C=O) groups is 1. The molecule has 1 aliphatic rings. The molecule has 1 aliphatic heterocycles. The van der Waals surface area contributed by atoms with Crippen LogP contribution in [0.5, 0.6) is 0 Å². The minimum Gasteiger partial charge on any atom is -0.378 e. The van der Waals surface area contributed by atoms with E-state index in [4.69, 9.17) is 0 Å². The van der Waals surface area contributed by atoms with Crippen LogP contribution in [0.1, 0.15) is 23.5 Å². The van der Waals surface area contributed by atoms with Gasteiger partial charge in [0.2, 0.25) is 0 Å². The molecule has 1 saturated heterocycles. The highest BCUT2D eigenvalue weighted by Gasteiger charge is 2.32. The molecule has 2 aromatic rings. The summed E-state index contributed by atoms with van der Waals surface area (Å²) in [5.74, 6) is 2.46. The molecule has 0 radical (unpaired) electrons. The summed E-state index contributed by atoms with van der Waals surface area (Å²) in [6.45, 7) is 0. The van der Waals surface area contributed by atoms with E-state index in [1.165, 1.54) is 22.5 Å². The molecule has 138 valence electrons. The summed E-state index contributed by atoms with van der Waals surface area (Å²) in [5.41, 5.74) is 4.82. The van der Waals surface area contributed by atoms with E-state index in [0.29, 0.717) is 12.2 Å². The molecular weight excluding hydrogens is 340 g/mol. The van der Waals surface area contributed by atoms with Crippen molar-refractivity contribution in [2.24, 2.45) is 5.92 Å². The number of ketones is 1. The normalized spacial score (nSPS) is 17.4. The molecule has 0 N–H and O–H groups in total. The number of anilines is 2. The smallest absolute Gasteiger partial charge is 0.138 e. The highest BCUT2D eigenvalue weighted by atomic mass is 32.2. The van der Waals surface area contributed by atoms with Gasteiger partial charge in [0.15, 0.2) is 0 Å². The summed E-state index contributed by atoms with van der Waals surface area (Å²) in [6, 6.07) is 17.3. The van der Waals surface area contributed by atoms with Gasteiger partial charge in [-0.1, -0.05) is 24.3 Å². The second-order valence-electron chi connectivity index (χ2n) is 7.35. The third-order valence-corrected chi connectivity index (χ3v) is 6.23. The zero-order valence-corrected chi connectivity index (χ0v) is 16.9. The van der Waals surface area contributed by atoms with Gasteiger partial charge in [0.05, 0.1) is 0 Å². The quantitative estimate of drug-likeness (QED) is 0.786. The van der Waals surface area contributed by atoms with Gasteiger partial charge >= 0.3 is 0 Å². The van der Waals surface area contributed by atoms with Crippen LogP contribution in [0, 0.1) is 5.92 Å². The molecule has 0 saturated carbocycles. The van der Waals surface area contributed by atoms with Crippen molar-refractivity contribution in [3.63, 3.8) is 0 Å². The highest BCUT2D eigenvalue weighted by Crippen LogP contribution is 2.38. The molecule has 0 aromatic heterocycles. The van der Waals surface area contributed by atoms with E-state index in [1.54, 1.807) is 0 Å². The Morgan fingerprint density at radius 1 is 0.846 bits per heavy atom. The largest absolute Gasteiger partial charge is 0.378 e. The van der Waals surface area contributed by atoms with Crippen molar-refractivity contribution < 1.29 is 4.79 Å². The first-order chi connectivity index (χ1) is 12.5. The lowest BCUT2D eigenvalue weighted by molar-refractivity contribution is -0.122. The Hall–Kier alpha value is -1.94. The van der Waals surface area contributed by atoms with E-state index >= 15 is 0 Å². The van der Waals surface area contributed by atoms with Gasteiger partial charge in [0.1, 0.15) is 5.78 Å². The Bertz CT molecular complexity index is 686. The molecule has 3 rings (SSSR count). The van der Waals surface area contributed by atoms with E-state index in [-0.39, 0.29) is 11.8 Å². The number of hydrogen-bond donors (Lipinski definition) is 0. The predicted molar refractivity (Wildman–Crippen MR) is 114 cm³/mol. The standard InChI is InChI=1S/C22H28N2OS/c1-23(2)18-9-5-16(6-10-18)22(20-15-26-14-13-21(20)25)17-7-11-19(12-8-17)24(3)4/h5-12,20,22H,13-15H2,1-4H3/t20-/m1/s1. The summed E-state index contributed by atoms with van der Waals surface area (Å²) in [4.78, 5) is 16.9. The molecule has 0 unspecified atom stereocenters. The highest BCUT2D eigenvalue weighted by molar-refractivity contribution is 7.99. The average Bonchev–Trinajstić information content (AvgIpc) is 2.64. The maximum absolute atomic E-state index is 12.7. The fourth-order valence-electron chi connectivity index (χ4n) is 3.56. The first-order valence-electron chi connectivity index (χ1n) is 9.12. The molecule has 1 atom stereocenters. The van der Waals surface area contributed by atoms with Gasteiger partial charge in [-0.2, -0.15) is 11.8 Å². The summed E-state index contributed by atoms with van der Waals surface area (Å²) < 4.78 is 0. The molecule has 0 amide bonds. The molecule has 0 bridgehead atoms. The van der Waals surface area contributed by atoms with Gasteiger partial charge in [-0.25, -0.2) is 0 Å². The van der Waals surface area contributed by atoms with Gasteiger partial charge in [-0.15, -0.1) is 0 Å². The predicted octanol–water partition coefficient (Wildman–Crippen LogP) is 4.27. The van der Waals surface area contributed by atoms with Crippen LogP contribution in [-0.2, 0) is 4.79 Å². The first-order valence-corrected chi connectivity index (χ1v) is 10.3. The fourth-order valence-corrected chi connectivity index (χ4v) is 4.70. The van der Waals surface area contributed by atoms with Crippen LogP contribution < -0.4 is 9.80 Å². The molecular formula is C22H28N2OS. The van der Waals surface area contributed by atoms with Gasteiger partial charge in [-0.3, -0.25) is 4.79 Å². The topological polar surface area (TPSA) is 23.6 Å².